The number of anilines is 2. The first-order valence-corrected chi connectivity index (χ1v) is 10.1. The molecule has 4 aromatic rings. The maximum absolute atomic E-state index is 12.6. The molecule has 0 spiro atoms. The van der Waals surface area contributed by atoms with Crippen molar-refractivity contribution in [2.45, 2.75) is 12.5 Å². The minimum Gasteiger partial charge on any atom is -0.383 e. The predicted molar refractivity (Wildman–Crippen MR) is 119 cm³/mol. The maximum Gasteiger partial charge on any atom is 0.256 e. The molecule has 32 heavy (non-hydrogen) atoms. The molecule has 1 aromatic carbocycles. The first-order valence-electron chi connectivity index (χ1n) is 10.1. The fraction of sp³-hybridized carbons (Fsp3) is 0.182. The quantitative estimate of drug-likeness (QED) is 0.450. The number of nitrogens with zero attached hydrogens (tertiary/aromatic N) is 6. The molecule has 5 rings (SSSR count). The highest BCUT2D eigenvalue weighted by atomic mass is 16.1. The summed E-state index contributed by atoms with van der Waals surface area (Å²) in [4.78, 5) is 25.2. The summed E-state index contributed by atoms with van der Waals surface area (Å²) in [7, 11) is 0. The Hall–Kier alpha value is -4.36. The molecule has 1 atom stereocenters. The molecular weight excluding hydrogens is 406 g/mol. The van der Waals surface area contributed by atoms with E-state index in [9.17, 15) is 4.79 Å². The largest absolute Gasteiger partial charge is 0.383 e. The summed E-state index contributed by atoms with van der Waals surface area (Å²) in [5.74, 6) is 0.361. The molecule has 1 aliphatic heterocycles. The predicted octanol–water partition coefficient (Wildman–Crippen LogP) is 2.13. The molecule has 4 heterocycles. The molecule has 1 aliphatic rings. The van der Waals surface area contributed by atoms with Gasteiger partial charge in [-0.1, -0.05) is 12.1 Å². The maximum atomic E-state index is 12.6. The number of nitrogens with two attached hydrogens (primary N) is 1. The number of fused-ring (bicyclic) bond motifs is 1. The third kappa shape index (κ3) is 3.51. The van der Waals surface area contributed by atoms with E-state index in [1.165, 1.54) is 18.6 Å². The summed E-state index contributed by atoms with van der Waals surface area (Å²) in [5.41, 5.74) is 9.24. The Bertz CT molecular complexity index is 1350. The van der Waals surface area contributed by atoms with Crippen molar-refractivity contribution < 1.29 is 4.79 Å². The van der Waals surface area contributed by atoms with Gasteiger partial charge in [0, 0.05) is 23.9 Å². The Balaban J connectivity index is 1.46. The van der Waals surface area contributed by atoms with Crippen LogP contribution in [0.1, 0.15) is 28.4 Å². The van der Waals surface area contributed by atoms with Crippen LogP contribution in [0.25, 0.3) is 22.3 Å². The lowest BCUT2D eigenvalue weighted by Crippen LogP contribution is -2.15. The monoisotopic (exact) mass is 425 g/mol. The van der Waals surface area contributed by atoms with Gasteiger partial charge in [0.15, 0.2) is 5.65 Å². The van der Waals surface area contributed by atoms with Crippen LogP contribution in [0.15, 0.2) is 48.9 Å². The van der Waals surface area contributed by atoms with Gasteiger partial charge in [0.25, 0.3) is 5.91 Å². The first-order chi connectivity index (χ1) is 15.6. The van der Waals surface area contributed by atoms with Gasteiger partial charge in [-0.2, -0.15) is 10.4 Å². The molecule has 10 nitrogen and oxygen atoms in total. The number of hydrogen-bond donors (Lipinski definition) is 3. The van der Waals surface area contributed by atoms with E-state index in [0.717, 1.165) is 25.1 Å². The zero-order valence-electron chi connectivity index (χ0n) is 17.0. The van der Waals surface area contributed by atoms with Crippen LogP contribution in [-0.2, 0) is 0 Å². The summed E-state index contributed by atoms with van der Waals surface area (Å²) >= 11 is 0. The van der Waals surface area contributed by atoms with Crippen molar-refractivity contribution in [1.29, 1.82) is 5.26 Å². The van der Waals surface area contributed by atoms with E-state index in [1.54, 1.807) is 18.2 Å². The average Bonchev–Trinajstić information content (AvgIpc) is 3.48. The zero-order valence-corrected chi connectivity index (χ0v) is 17.0. The molecule has 0 saturated carbocycles. The van der Waals surface area contributed by atoms with Gasteiger partial charge in [0.05, 0.1) is 23.1 Å². The molecule has 0 unspecified atom stereocenters. The van der Waals surface area contributed by atoms with E-state index in [4.69, 9.17) is 16.1 Å². The van der Waals surface area contributed by atoms with Crippen molar-refractivity contribution in [1.82, 2.24) is 30.0 Å². The van der Waals surface area contributed by atoms with Crippen molar-refractivity contribution in [2.24, 2.45) is 0 Å². The smallest absolute Gasteiger partial charge is 0.256 e. The number of amides is 1. The Kier molecular flexibility index (Phi) is 4.93. The summed E-state index contributed by atoms with van der Waals surface area (Å²) in [5, 5.41) is 20.6. The fourth-order valence-corrected chi connectivity index (χ4v) is 3.84. The third-order valence-electron chi connectivity index (χ3n) is 5.45. The fourth-order valence-electron chi connectivity index (χ4n) is 3.84. The van der Waals surface area contributed by atoms with E-state index in [1.807, 2.05) is 22.9 Å². The minimum atomic E-state index is -0.325. The molecule has 1 amide bonds. The molecule has 0 aliphatic carbocycles. The zero-order chi connectivity index (χ0) is 22.1. The normalized spacial score (nSPS) is 15.5. The number of benzene rings is 1. The number of carbonyl (C=O) groups is 1. The number of aromatic nitrogens is 5. The van der Waals surface area contributed by atoms with Gasteiger partial charge in [0.1, 0.15) is 23.7 Å². The molecule has 1 saturated heterocycles. The van der Waals surface area contributed by atoms with Gasteiger partial charge in [-0.15, -0.1) is 0 Å². The number of rotatable bonds is 4. The second-order valence-corrected chi connectivity index (χ2v) is 7.47. The minimum absolute atomic E-state index is 0.197. The van der Waals surface area contributed by atoms with Gasteiger partial charge in [-0.3, -0.25) is 4.79 Å². The van der Waals surface area contributed by atoms with Gasteiger partial charge >= 0.3 is 0 Å². The highest BCUT2D eigenvalue weighted by Gasteiger charge is 2.24. The molecule has 0 bridgehead atoms. The number of pyridine rings is 1. The van der Waals surface area contributed by atoms with Crippen molar-refractivity contribution >= 4 is 28.6 Å². The molecule has 1 fully saturated rings. The second kappa shape index (κ2) is 8.05. The van der Waals surface area contributed by atoms with Crippen molar-refractivity contribution in [3.63, 3.8) is 0 Å². The Morgan fingerprint density at radius 2 is 2.06 bits per heavy atom. The van der Waals surface area contributed by atoms with Crippen LogP contribution in [0.4, 0.5) is 11.6 Å². The number of nitriles is 1. The first kappa shape index (κ1) is 19.6. The van der Waals surface area contributed by atoms with Crippen LogP contribution in [0, 0.1) is 11.3 Å². The van der Waals surface area contributed by atoms with E-state index >= 15 is 0 Å². The van der Waals surface area contributed by atoms with Crippen LogP contribution < -0.4 is 16.4 Å². The van der Waals surface area contributed by atoms with Crippen LogP contribution in [0.5, 0.6) is 0 Å². The number of carbonyl (C=O) groups excluding carboxylic acids is 1. The highest BCUT2D eigenvalue weighted by Crippen LogP contribution is 2.32. The Morgan fingerprint density at radius 3 is 2.81 bits per heavy atom. The Labute approximate surface area is 183 Å². The highest BCUT2D eigenvalue weighted by molar-refractivity contribution is 6.04. The molecule has 10 heteroatoms. The van der Waals surface area contributed by atoms with Gasteiger partial charge in [-0.05, 0) is 37.2 Å². The van der Waals surface area contributed by atoms with E-state index < -0.39 is 0 Å². The van der Waals surface area contributed by atoms with Gasteiger partial charge in [-0.25, -0.2) is 19.6 Å². The van der Waals surface area contributed by atoms with Gasteiger partial charge < -0.3 is 16.4 Å². The summed E-state index contributed by atoms with van der Waals surface area (Å²) in [6.07, 6.45) is 3.89. The number of nitrogen functional groups attached to an aromatic ring is 1. The standard InChI is InChI=1S/C22H19N9O/c23-10-13-5-8-26-17(9-13)29-22(32)15-3-1-14(2-4-15)19-18-20(24)27-12-28-21(18)31(30-19)16-6-7-25-11-16/h1-5,8-9,12,16,25H,6-7,11H2,(H2,24,27,28)(H,26,29,32)/t16-/m1/s1. The van der Waals surface area contributed by atoms with E-state index in [2.05, 4.69) is 25.6 Å². The van der Waals surface area contributed by atoms with E-state index in [0.29, 0.717) is 39.5 Å². The lowest BCUT2D eigenvalue weighted by molar-refractivity contribution is 0.102. The van der Waals surface area contributed by atoms with Crippen LogP contribution in [0.2, 0.25) is 0 Å². The second-order valence-electron chi connectivity index (χ2n) is 7.47. The van der Waals surface area contributed by atoms with Crippen molar-refractivity contribution in [3.05, 3.63) is 60.0 Å². The third-order valence-corrected chi connectivity index (χ3v) is 5.45. The van der Waals surface area contributed by atoms with Crippen LogP contribution >= 0.6 is 0 Å². The molecule has 0 radical (unpaired) electrons. The van der Waals surface area contributed by atoms with Crippen LogP contribution in [0.3, 0.4) is 0 Å². The number of nitrogens with one attached hydrogen (secondary N) is 2. The van der Waals surface area contributed by atoms with Gasteiger partial charge in [0.2, 0.25) is 0 Å². The SMILES string of the molecule is N#Cc1ccnc(NC(=O)c2ccc(-c3nn([C@@H]4CCNC4)c4ncnc(N)c34)cc2)c1. The molecule has 158 valence electrons. The Morgan fingerprint density at radius 1 is 1.22 bits per heavy atom. The summed E-state index contributed by atoms with van der Waals surface area (Å²) in [6, 6.07) is 12.4. The van der Waals surface area contributed by atoms with E-state index in [-0.39, 0.29) is 11.9 Å². The topological polar surface area (TPSA) is 147 Å². The molecular formula is C22H19N9O. The lowest BCUT2D eigenvalue weighted by atomic mass is 10.1. The van der Waals surface area contributed by atoms with Crippen molar-refractivity contribution in [3.8, 4) is 17.3 Å². The summed E-state index contributed by atoms with van der Waals surface area (Å²) in [6.45, 7) is 1.75. The average molecular weight is 425 g/mol. The molecule has 3 aromatic heterocycles. The van der Waals surface area contributed by atoms with Crippen molar-refractivity contribution in [2.75, 3.05) is 24.1 Å². The number of hydrogen-bond acceptors (Lipinski definition) is 8. The van der Waals surface area contributed by atoms with Crippen LogP contribution in [-0.4, -0.2) is 43.7 Å². The lowest BCUT2D eigenvalue weighted by Gasteiger charge is -2.09. The summed E-state index contributed by atoms with van der Waals surface area (Å²) < 4.78 is 1.91. The molecule has 4 N–H and O–H groups in total.